The number of ether oxygens (including phenoxy) is 1. The number of anilines is 1. The summed E-state index contributed by atoms with van der Waals surface area (Å²) in [5, 5.41) is 9.06. The maximum Gasteiger partial charge on any atom is 0.266 e. The van der Waals surface area contributed by atoms with Crippen molar-refractivity contribution in [3.8, 4) is 11.9 Å². The van der Waals surface area contributed by atoms with Crippen LogP contribution in [0.1, 0.15) is 58.4 Å². The van der Waals surface area contributed by atoms with Crippen molar-refractivity contribution in [3.05, 3.63) is 64.8 Å². The zero-order valence-electron chi connectivity index (χ0n) is 20.3. The highest BCUT2D eigenvalue weighted by Gasteiger charge is 2.57. The Hall–Kier alpha value is -4.19. The Labute approximate surface area is 208 Å². The number of carbonyl (C=O) groups excluding carboxylic acids is 1. The van der Waals surface area contributed by atoms with Crippen molar-refractivity contribution in [2.24, 2.45) is 12.5 Å². The van der Waals surface area contributed by atoms with E-state index in [2.05, 4.69) is 20.9 Å². The molecule has 1 aromatic carbocycles. The van der Waals surface area contributed by atoms with E-state index < -0.39 is 0 Å². The average molecular weight is 483 g/mol. The summed E-state index contributed by atoms with van der Waals surface area (Å²) in [4.78, 5) is 26.9. The van der Waals surface area contributed by atoms with Gasteiger partial charge in [0.2, 0.25) is 17.8 Å². The molecule has 0 amide bonds. The fourth-order valence-corrected chi connectivity index (χ4v) is 5.45. The Morgan fingerprint density at radius 3 is 2.78 bits per heavy atom. The van der Waals surface area contributed by atoms with E-state index in [0.717, 1.165) is 55.1 Å². The van der Waals surface area contributed by atoms with Crippen LogP contribution in [0.4, 0.5) is 5.82 Å². The van der Waals surface area contributed by atoms with Gasteiger partial charge in [-0.2, -0.15) is 20.2 Å². The van der Waals surface area contributed by atoms with Crippen molar-refractivity contribution < 1.29 is 13.9 Å². The van der Waals surface area contributed by atoms with Crippen LogP contribution in [-0.2, 0) is 13.7 Å². The Morgan fingerprint density at radius 1 is 1.22 bits per heavy atom. The number of pyridine rings is 1. The normalized spacial score (nSPS) is 18.4. The number of fused-ring (bicyclic) bond motifs is 1. The lowest BCUT2D eigenvalue weighted by Gasteiger charge is -2.33. The Balaban J connectivity index is 1.09. The molecule has 2 aliphatic rings. The lowest BCUT2D eigenvalue weighted by Crippen LogP contribution is -2.35. The first-order valence-electron chi connectivity index (χ1n) is 12.1. The molecule has 2 fully saturated rings. The molecule has 0 N–H and O–H groups in total. The molecule has 0 bridgehead atoms. The highest BCUT2D eigenvalue weighted by molar-refractivity contribution is 5.75. The van der Waals surface area contributed by atoms with Gasteiger partial charge < -0.3 is 18.6 Å². The van der Waals surface area contributed by atoms with E-state index in [0.29, 0.717) is 41.6 Å². The van der Waals surface area contributed by atoms with E-state index in [-0.39, 0.29) is 11.3 Å². The second-order valence-corrected chi connectivity index (χ2v) is 9.81. The van der Waals surface area contributed by atoms with Crippen molar-refractivity contribution in [3.63, 3.8) is 0 Å². The fraction of sp³-hybridized carbons (Fsp3) is 0.370. The van der Waals surface area contributed by atoms with Gasteiger partial charge in [-0.05, 0) is 60.9 Å². The first kappa shape index (κ1) is 22.3. The quantitative estimate of drug-likeness (QED) is 0.374. The summed E-state index contributed by atoms with van der Waals surface area (Å²) in [5.41, 5.74) is 4.04. The number of aromatic nitrogens is 4. The lowest BCUT2D eigenvalue weighted by molar-refractivity contribution is 0.109. The molecule has 1 spiro atoms. The molecule has 1 saturated heterocycles. The first-order valence-corrected chi connectivity index (χ1v) is 12.1. The molecule has 1 unspecified atom stereocenters. The number of rotatable bonds is 6. The third-order valence-electron chi connectivity index (χ3n) is 7.73. The van der Waals surface area contributed by atoms with Crippen molar-refractivity contribution in [1.82, 2.24) is 19.5 Å². The van der Waals surface area contributed by atoms with Gasteiger partial charge in [0.05, 0.1) is 11.6 Å². The lowest BCUT2D eigenvalue weighted by atomic mass is 9.90. The van der Waals surface area contributed by atoms with E-state index in [1.165, 1.54) is 0 Å². The number of piperidine rings is 1. The van der Waals surface area contributed by atoms with Crippen LogP contribution in [0.5, 0.6) is 5.88 Å². The van der Waals surface area contributed by atoms with Crippen LogP contribution in [-0.4, -0.2) is 38.9 Å². The van der Waals surface area contributed by atoms with E-state index in [4.69, 9.17) is 19.4 Å². The third kappa shape index (κ3) is 3.79. The van der Waals surface area contributed by atoms with Gasteiger partial charge in [-0.1, -0.05) is 12.1 Å². The third-order valence-corrected chi connectivity index (χ3v) is 7.73. The molecule has 3 aromatic heterocycles. The number of nitrogens with zero attached hydrogens (tertiary/aromatic N) is 6. The van der Waals surface area contributed by atoms with Crippen LogP contribution in [0.15, 0.2) is 40.8 Å². The summed E-state index contributed by atoms with van der Waals surface area (Å²) < 4.78 is 13.4. The van der Waals surface area contributed by atoms with Crippen molar-refractivity contribution >= 4 is 23.5 Å². The Bertz CT molecular complexity index is 1510. The van der Waals surface area contributed by atoms with Crippen LogP contribution < -0.4 is 9.64 Å². The predicted octanol–water partition coefficient (Wildman–Crippen LogP) is 4.30. The van der Waals surface area contributed by atoms with Gasteiger partial charge in [0.15, 0.2) is 0 Å². The van der Waals surface area contributed by atoms with Gasteiger partial charge in [0.25, 0.3) is 11.6 Å². The summed E-state index contributed by atoms with van der Waals surface area (Å²) in [5.74, 6) is 2.97. The molecule has 4 aromatic rings. The van der Waals surface area contributed by atoms with E-state index >= 15 is 0 Å². The van der Waals surface area contributed by atoms with Crippen LogP contribution in [0, 0.1) is 23.7 Å². The van der Waals surface area contributed by atoms with E-state index in [9.17, 15) is 4.79 Å². The number of imidazole rings is 1. The van der Waals surface area contributed by atoms with Gasteiger partial charge >= 0.3 is 0 Å². The second-order valence-electron chi connectivity index (χ2n) is 9.81. The monoisotopic (exact) mass is 482 g/mol. The molecule has 1 aliphatic heterocycles. The SMILES string of the molecule is Cc1cc(C#N)ccc1COc1cccc(N2CCC3(CC2)CC3c2nc3oc(C=O)nc3n2C)n1. The minimum atomic E-state index is 0.0687. The van der Waals surface area contributed by atoms with Crippen LogP contribution >= 0.6 is 0 Å². The summed E-state index contributed by atoms with van der Waals surface area (Å²) >= 11 is 0. The molecule has 9 heteroatoms. The molecule has 4 heterocycles. The molecule has 1 aliphatic carbocycles. The molecule has 1 saturated carbocycles. The summed E-state index contributed by atoms with van der Waals surface area (Å²) in [6.45, 7) is 4.25. The summed E-state index contributed by atoms with van der Waals surface area (Å²) in [6.07, 6.45) is 3.85. The average Bonchev–Trinajstić information content (AvgIpc) is 3.27. The number of aldehydes is 1. The predicted molar refractivity (Wildman–Crippen MR) is 132 cm³/mol. The highest BCUT2D eigenvalue weighted by atomic mass is 16.5. The number of hydrogen-bond donors (Lipinski definition) is 0. The Kier molecular flexibility index (Phi) is 5.25. The molecule has 9 nitrogen and oxygen atoms in total. The largest absolute Gasteiger partial charge is 0.473 e. The molecule has 0 radical (unpaired) electrons. The second kappa shape index (κ2) is 8.48. The smallest absolute Gasteiger partial charge is 0.266 e. The standard InChI is InChI=1S/C27H26N6O3/c1-17-12-18(14-28)6-7-19(17)16-35-22-5-3-4-21(29-22)33-10-8-27(9-11-33)13-20(27)24-31-26-25(32(24)2)30-23(15-34)36-26/h3-7,12,15,20H,8-11,13,16H2,1-2H3. The number of hydrogen-bond acceptors (Lipinski definition) is 8. The van der Waals surface area contributed by atoms with Crippen molar-refractivity contribution in [2.45, 2.75) is 38.7 Å². The number of aryl methyl sites for hydroxylation is 2. The maximum atomic E-state index is 10.9. The molecular formula is C27H26N6O3. The van der Waals surface area contributed by atoms with Gasteiger partial charge in [-0.3, -0.25) is 4.79 Å². The van der Waals surface area contributed by atoms with Gasteiger partial charge in [0.1, 0.15) is 18.2 Å². The topological polar surface area (TPSA) is 110 Å². The minimum absolute atomic E-state index is 0.0687. The molecule has 182 valence electrons. The van der Waals surface area contributed by atoms with Crippen LogP contribution in [0.2, 0.25) is 0 Å². The number of nitriles is 1. The van der Waals surface area contributed by atoms with Crippen LogP contribution in [0.25, 0.3) is 11.4 Å². The fourth-order valence-electron chi connectivity index (χ4n) is 5.45. The number of carbonyl (C=O) groups is 1. The highest BCUT2D eigenvalue weighted by Crippen LogP contribution is 2.64. The van der Waals surface area contributed by atoms with Gasteiger partial charge in [-0.15, -0.1) is 0 Å². The minimum Gasteiger partial charge on any atom is -0.473 e. The van der Waals surface area contributed by atoms with Crippen molar-refractivity contribution in [2.75, 3.05) is 18.0 Å². The van der Waals surface area contributed by atoms with Gasteiger partial charge in [-0.25, -0.2) is 0 Å². The van der Waals surface area contributed by atoms with Crippen molar-refractivity contribution in [1.29, 1.82) is 5.26 Å². The summed E-state index contributed by atoms with van der Waals surface area (Å²) in [7, 11) is 1.94. The maximum absolute atomic E-state index is 10.9. The molecule has 6 rings (SSSR count). The molecule has 36 heavy (non-hydrogen) atoms. The molecule has 1 atom stereocenters. The zero-order chi connectivity index (χ0) is 24.9. The number of oxazole rings is 1. The number of benzene rings is 1. The van der Waals surface area contributed by atoms with E-state index in [1.807, 2.05) is 54.9 Å². The first-order chi connectivity index (χ1) is 17.5. The van der Waals surface area contributed by atoms with Crippen LogP contribution in [0.3, 0.4) is 0 Å². The summed E-state index contributed by atoms with van der Waals surface area (Å²) in [6, 6.07) is 13.7. The molecular weight excluding hydrogens is 456 g/mol. The Morgan fingerprint density at radius 2 is 2.06 bits per heavy atom. The zero-order valence-corrected chi connectivity index (χ0v) is 20.3. The van der Waals surface area contributed by atoms with Gasteiger partial charge in [0, 0.05) is 32.1 Å². The van der Waals surface area contributed by atoms with E-state index in [1.54, 1.807) is 0 Å².